The quantitative estimate of drug-likeness (QED) is 0.815. The summed E-state index contributed by atoms with van der Waals surface area (Å²) in [6, 6.07) is 9.98. The molecule has 128 valence electrons. The molecule has 0 fully saturated rings. The molecule has 1 unspecified atom stereocenters. The molecule has 0 radical (unpaired) electrons. The average molecular weight is 354 g/mol. The Morgan fingerprint density at radius 2 is 1.88 bits per heavy atom. The van der Waals surface area contributed by atoms with Crippen LogP contribution in [0.15, 0.2) is 53.9 Å². The van der Waals surface area contributed by atoms with E-state index >= 15 is 0 Å². The van der Waals surface area contributed by atoms with Crippen LogP contribution < -0.4 is 10.0 Å². The molecule has 1 atom stereocenters. The first kappa shape index (κ1) is 18.2. The van der Waals surface area contributed by atoms with Gasteiger partial charge < -0.3 is 5.32 Å². The number of benzene rings is 2. The third kappa shape index (κ3) is 4.24. The summed E-state index contributed by atoms with van der Waals surface area (Å²) in [5.41, 5.74) is 1.58. The summed E-state index contributed by atoms with van der Waals surface area (Å²) in [6.07, 6.45) is -4.40. The number of alkyl halides is 3. The summed E-state index contributed by atoms with van der Waals surface area (Å²) in [5.74, 6) is 0. The highest BCUT2D eigenvalue weighted by Crippen LogP contribution is 2.33. The van der Waals surface area contributed by atoms with Crippen molar-refractivity contribution in [3.8, 4) is 0 Å². The summed E-state index contributed by atoms with van der Waals surface area (Å²) in [7, 11) is 0.220. The van der Waals surface area contributed by atoms with Gasteiger partial charge in [-0.15, -0.1) is 0 Å². The van der Waals surface area contributed by atoms with E-state index in [-0.39, 0.29) is 0 Å². The van der Waals surface area contributed by atoms with Crippen LogP contribution in [0, 0.1) is 0 Å². The van der Waals surface area contributed by atoms with Crippen molar-refractivity contribution in [1.29, 1.82) is 0 Å². The Morgan fingerprint density at radius 1 is 1.17 bits per heavy atom. The lowest BCUT2D eigenvalue weighted by molar-refractivity contribution is -0.137. The highest BCUT2D eigenvalue weighted by atomic mass is 32.2. The minimum absolute atomic E-state index is 0.315. The SMILES string of the molecule is C=C(C)c1cc(S(=O)NC)ccc1Nc1cccc(C(F)(F)F)c1. The van der Waals surface area contributed by atoms with E-state index in [0.717, 1.165) is 12.1 Å². The predicted octanol–water partition coefficient (Wildman–Crippen LogP) is 4.72. The smallest absolute Gasteiger partial charge is 0.355 e. The van der Waals surface area contributed by atoms with Crippen LogP contribution in [0.2, 0.25) is 0 Å². The number of halogens is 3. The Morgan fingerprint density at radius 3 is 2.46 bits per heavy atom. The van der Waals surface area contributed by atoms with Gasteiger partial charge in [0.1, 0.15) is 11.0 Å². The summed E-state index contributed by atoms with van der Waals surface area (Å²) in [6.45, 7) is 5.65. The lowest BCUT2D eigenvalue weighted by Crippen LogP contribution is -2.11. The number of hydrogen-bond acceptors (Lipinski definition) is 2. The first-order valence-corrected chi connectivity index (χ1v) is 8.20. The first-order chi connectivity index (χ1) is 11.2. The largest absolute Gasteiger partial charge is 0.416 e. The van der Waals surface area contributed by atoms with Crippen LogP contribution in [-0.4, -0.2) is 11.3 Å². The molecule has 0 aromatic heterocycles. The number of hydrogen-bond donors (Lipinski definition) is 2. The lowest BCUT2D eigenvalue weighted by Gasteiger charge is -2.15. The second-order valence-electron chi connectivity index (χ2n) is 5.16. The highest BCUT2D eigenvalue weighted by molar-refractivity contribution is 7.83. The number of anilines is 2. The number of rotatable bonds is 5. The first-order valence-electron chi connectivity index (χ1n) is 7.05. The third-order valence-electron chi connectivity index (χ3n) is 3.32. The maximum atomic E-state index is 12.8. The van der Waals surface area contributed by atoms with Gasteiger partial charge in [0, 0.05) is 16.9 Å². The van der Waals surface area contributed by atoms with Crippen LogP contribution in [0.4, 0.5) is 24.5 Å². The topological polar surface area (TPSA) is 41.1 Å². The molecule has 0 saturated carbocycles. The van der Waals surface area contributed by atoms with Crippen molar-refractivity contribution >= 4 is 27.9 Å². The fourth-order valence-corrected chi connectivity index (χ4v) is 2.80. The Balaban J connectivity index is 2.39. The Kier molecular flexibility index (Phi) is 5.46. The molecular formula is C17H17F3N2OS. The molecule has 0 saturated heterocycles. The summed E-state index contributed by atoms with van der Waals surface area (Å²) in [4.78, 5) is 0.560. The van der Waals surface area contributed by atoms with E-state index in [9.17, 15) is 17.4 Å². The maximum absolute atomic E-state index is 12.8. The van der Waals surface area contributed by atoms with Crippen LogP contribution in [0.3, 0.4) is 0 Å². The highest BCUT2D eigenvalue weighted by Gasteiger charge is 2.30. The van der Waals surface area contributed by atoms with Gasteiger partial charge in [-0.05, 0) is 55.9 Å². The van der Waals surface area contributed by atoms with E-state index in [2.05, 4.69) is 16.6 Å². The summed E-state index contributed by atoms with van der Waals surface area (Å²) in [5, 5.41) is 2.97. The molecule has 24 heavy (non-hydrogen) atoms. The molecule has 0 amide bonds. The monoisotopic (exact) mass is 354 g/mol. The third-order valence-corrected chi connectivity index (χ3v) is 4.37. The van der Waals surface area contributed by atoms with Crippen LogP contribution in [0.1, 0.15) is 18.1 Å². The molecule has 0 aliphatic carbocycles. The average Bonchev–Trinajstić information content (AvgIpc) is 2.53. The Bertz CT molecular complexity index is 788. The molecule has 2 N–H and O–H groups in total. The van der Waals surface area contributed by atoms with Crippen molar-refractivity contribution < 1.29 is 17.4 Å². The molecule has 0 spiro atoms. The van der Waals surface area contributed by atoms with Crippen molar-refractivity contribution in [2.75, 3.05) is 12.4 Å². The van der Waals surface area contributed by atoms with E-state index in [1.807, 2.05) is 0 Å². The van der Waals surface area contributed by atoms with Crippen LogP contribution in [0.5, 0.6) is 0 Å². The predicted molar refractivity (Wildman–Crippen MR) is 91.3 cm³/mol. The van der Waals surface area contributed by atoms with Crippen LogP contribution >= 0.6 is 0 Å². The minimum atomic E-state index is -4.40. The molecule has 0 aliphatic heterocycles. The van der Waals surface area contributed by atoms with Gasteiger partial charge in [-0.3, -0.25) is 0 Å². The van der Waals surface area contributed by atoms with Crippen molar-refractivity contribution in [1.82, 2.24) is 4.72 Å². The Hall–Kier alpha value is -2.12. The standard InChI is InChI=1S/C17H17F3N2OS/c1-11(2)15-10-14(24(23)21-3)7-8-16(15)22-13-6-4-5-12(9-13)17(18,19)20/h4-10,21-22H,1H2,2-3H3. The van der Waals surface area contributed by atoms with Gasteiger partial charge in [-0.25, -0.2) is 8.93 Å². The van der Waals surface area contributed by atoms with E-state index in [0.29, 0.717) is 27.4 Å². The zero-order chi connectivity index (χ0) is 17.9. The van der Waals surface area contributed by atoms with Gasteiger partial charge in [-0.2, -0.15) is 13.2 Å². The molecule has 0 bridgehead atoms. The minimum Gasteiger partial charge on any atom is -0.355 e. The molecule has 2 rings (SSSR count). The van der Waals surface area contributed by atoms with Crippen molar-refractivity contribution in [2.24, 2.45) is 0 Å². The van der Waals surface area contributed by atoms with Gasteiger partial charge in [-0.1, -0.05) is 12.6 Å². The van der Waals surface area contributed by atoms with Crippen molar-refractivity contribution in [2.45, 2.75) is 18.0 Å². The molecule has 7 heteroatoms. The summed E-state index contributed by atoms with van der Waals surface area (Å²) >= 11 is 0. The van der Waals surface area contributed by atoms with Gasteiger partial charge in [0.25, 0.3) is 0 Å². The van der Waals surface area contributed by atoms with Gasteiger partial charge >= 0.3 is 6.18 Å². The fraction of sp³-hybridized carbons (Fsp3) is 0.176. The maximum Gasteiger partial charge on any atom is 0.416 e. The van der Waals surface area contributed by atoms with Crippen molar-refractivity contribution in [3.63, 3.8) is 0 Å². The molecular weight excluding hydrogens is 337 g/mol. The zero-order valence-electron chi connectivity index (χ0n) is 13.2. The Labute approximate surface area is 141 Å². The van der Waals surface area contributed by atoms with E-state index in [1.54, 1.807) is 38.2 Å². The fourth-order valence-electron chi connectivity index (χ4n) is 2.15. The van der Waals surface area contributed by atoms with E-state index in [1.165, 1.54) is 6.07 Å². The van der Waals surface area contributed by atoms with Gasteiger partial charge in [0.15, 0.2) is 0 Å². The molecule has 0 heterocycles. The van der Waals surface area contributed by atoms with Crippen molar-refractivity contribution in [3.05, 3.63) is 60.2 Å². The van der Waals surface area contributed by atoms with E-state index in [4.69, 9.17) is 0 Å². The van der Waals surface area contributed by atoms with Gasteiger partial charge in [0.2, 0.25) is 0 Å². The van der Waals surface area contributed by atoms with Gasteiger partial charge in [0.05, 0.1) is 10.5 Å². The lowest BCUT2D eigenvalue weighted by atomic mass is 10.1. The second-order valence-corrected chi connectivity index (χ2v) is 6.58. The zero-order valence-corrected chi connectivity index (χ0v) is 14.0. The number of nitrogens with one attached hydrogen (secondary N) is 2. The molecule has 0 aliphatic rings. The van der Waals surface area contributed by atoms with Crippen LogP contribution in [-0.2, 0) is 17.2 Å². The number of allylic oxidation sites excluding steroid dienone is 1. The summed E-state index contributed by atoms with van der Waals surface area (Å²) < 4.78 is 52.9. The molecule has 3 nitrogen and oxygen atoms in total. The second kappa shape index (κ2) is 7.19. The molecule has 2 aromatic rings. The van der Waals surface area contributed by atoms with Crippen LogP contribution in [0.25, 0.3) is 5.57 Å². The molecule has 2 aromatic carbocycles. The normalized spacial score (nSPS) is 12.7. The van der Waals surface area contributed by atoms with E-state index < -0.39 is 22.7 Å².